The Hall–Kier alpha value is -4.30. The zero-order chi connectivity index (χ0) is 25.1. The quantitative estimate of drug-likeness (QED) is 0.348. The molecule has 1 saturated heterocycles. The van der Waals surface area contributed by atoms with Gasteiger partial charge in [-0.1, -0.05) is 6.07 Å². The van der Waals surface area contributed by atoms with Crippen LogP contribution in [-0.4, -0.2) is 67.4 Å². The van der Waals surface area contributed by atoms with E-state index in [9.17, 15) is 9.90 Å². The largest absolute Gasteiger partial charge is 0.497 e. The molecular weight excluding hydrogens is 454 g/mol. The first-order valence-electron chi connectivity index (χ1n) is 11.9. The SMILES string of the molecule is COc1ccc(C(=O)Nc2ccc3[nH]c(O)c(C=Nc4cccc(N5CCN(C)CC5)c4)c3c2)cc1. The summed E-state index contributed by atoms with van der Waals surface area (Å²) in [4.78, 5) is 25.0. The fraction of sp³-hybridized carbons (Fsp3) is 0.214. The van der Waals surface area contributed by atoms with E-state index in [1.54, 1.807) is 43.7 Å². The number of aromatic nitrogens is 1. The summed E-state index contributed by atoms with van der Waals surface area (Å²) in [7, 11) is 3.73. The monoisotopic (exact) mass is 483 g/mol. The fourth-order valence-corrected chi connectivity index (χ4v) is 4.33. The Labute approximate surface area is 209 Å². The van der Waals surface area contributed by atoms with E-state index in [4.69, 9.17) is 4.74 Å². The van der Waals surface area contributed by atoms with Crippen LogP contribution in [0.3, 0.4) is 0 Å². The van der Waals surface area contributed by atoms with E-state index in [-0.39, 0.29) is 11.8 Å². The number of hydrogen-bond acceptors (Lipinski definition) is 6. The summed E-state index contributed by atoms with van der Waals surface area (Å²) in [5.41, 5.74) is 4.41. The molecule has 2 heterocycles. The summed E-state index contributed by atoms with van der Waals surface area (Å²) >= 11 is 0. The van der Waals surface area contributed by atoms with Crippen molar-refractivity contribution in [3.05, 3.63) is 77.9 Å². The number of carbonyl (C=O) groups is 1. The molecule has 0 unspecified atom stereocenters. The molecule has 0 spiro atoms. The van der Waals surface area contributed by atoms with Crippen LogP contribution >= 0.6 is 0 Å². The molecule has 0 saturated carbocycles. The van der Waals surface area contributed by atoms with Crippen molar-refractivity contribution in [2.75, 3.05) is 50.6 Å². The Balaban J connectivity index is 1.36. The molecule has 1 fully saturated rings. The van der Waals surface area contributed by atoms with Crippen LogP contribution in [0, 0.1) is 0 Å². The van der Waals surface area contributed by atoms with Crippen LogP contribution in [0.5, 0.6) is 11.6 Å². The predicted octanol–water partition coefficient (Wildman–Crippen LogP) is 4.64. The van der Waals surface area contributed by atoms with Crippen molar-refractivity contribution in [2.24, 2.45) is 4.99 Å². The number of piperazine rings is 1. The van der Waals surface area contributed by atoms with E-state index >= 15 is 0 Å². The van der Waals surface area contributed by atoms with Gasteiger partial charge in [0.25, 0.3) is 5.91 Å². The van der Waals surface area contributed by atoms with Crippen LogP contribution in [0.25, 0.3) is 10.9 Å². The molecule has 1 aromatic heterocycles. The first-order chi connectivity index (χ1) is 17.5. The van der Waals surface area contributed by atoms with Gasteiger partial charge in [0.1, 0.15) is 5.75 Å². The lowest BCUT2D eigenvalue weighted by atomic mass is 10.1. The number of likely N-dealkylation sites (N-methyl/N-ethyl adjacent to an activating group) is 1. The first-order valence-corrected chi connectivity index (χ1v) is 11.9. The van der Waals surface area contributed by atoms with E-state index in [1.165, 1.54) is 0 Å². The number of aromatic amines is 1. The molecule has 8 heteroatoms. The number of hydrogen-bond donors (Lipinski definition) is 3. The molecule has 0 atom stereocenters. The molecule has 1 amide bonds. The van der Waals surface area contributed by atoms with Crippen molar-refractivity contribution >= 4 is 40.1 Å². The molecule has 0 bridgehead atoms. The number of fused-ring (bicyclic) bond motifs is 1. The highest BCUT2D eigenvalue weighted by Crippen LogP contribution is 2.30. The van der Waals surface area contributed by atoms with Gasteiger partial charge in [0.2, 0.25) is 0 Å². The molecule has 8 nitrogen and oxygen atoms in total. The topological polar surface area (TPSA) is 93.2 Å². The lowest BCUT2D eigenvalue weighted by Gasteiger charge is -2.34. The Kier molecular flexibility index (Phi) is 6.60. The van der Waals surface area contributed by atoms with E-state index in [0.717, 1.165) is 48.5 Å². The summed E-state index contributed by atoms with van der Waals surface area (Å²) in [5, 5.41) is 14.2. The van der Waals surface area contributed by atoms with Gasteiger partial charge in [-0.05, 0) is 67.7 Å². The smallest absolute Gasteiger partial charge is 0.255 e. The lowest BCUT2D eigenvalue weighted by molar-refractivity contribution is 0.102. The van der Waals surface area contributed by atoms with Crippen molar-refractivity contribution in [3.8, 4) is 11.6 Å². The van der Waals surface area contributed by atoms with Crippen molar-refractivity contribution in [3.63, 3.8) is 0 Å². The maximum Gasteiger partial charge on any atom is 0.255 e. The standard InChI is InChI=1S/C28H29N5O3/c1-32-12-14-33(15-13-32)22-5-3-4-20(16-22)29-18-25-24-17-21(8-11-26(24)31-28(25)35)30-27(34)19-6-9-23(36-2)10-7-19/h3-11,16-18,31,35H,12-15H2,1-2H3,(H,30,34). The van der Waals surface area contributed by atoms with E-state index in [2.05, 4.69) is 44.3 Å². The molecule has 0 aliphatic carbocycles. The first kappa shape index (κ1) is 23.4. The highest BCUT2D eigenvalue weighted by atomic mass is 16.5. The van der Waals surface area contributed by atoms with Crippen LogP contribution in [-0.2, 0) is 0 Å². The second kappa shape index (κ2) is 10.1. The Morgan fingerprint density at radius 2 is 1.83 bits per heavy atom. The van der Waals surface area contributed by atoms with Gasteiger partial charge in [-0.3, -0.25) is 9.79 Å². The molecule has 184 valence electrons. The van der Waals surface area contributed by atoms with Crippen LogP contribution < -0.4 is 15.0 Å². The molecule has 4 aromatic rings. The summed E-state index contributed by atoms with van der Waals surface area (Å²) in [6, 6.07) is 20.5. The third kappa shape index (κ3) is 5.04. The van der Waals surface area contributed by atoms with Crippen molar-refractivity contribution < 1.29 is 14.6 Å². The molecular formula is C28H29N5O3. The van der Waals surface area contributed by atoms with Crippen LogP contribution in [0.4, 0.5) is 17.1 Å². The van der Waals surface area contributed by atoms with Crippen LogP contribution in [0.15, 0.2) is 71.7 Å². The fourth-order valence-electron chi connectivity index (χ4n) is 4.33. The van der Waals surface area contributed by atoms with E-state index < -0.39 is 0 Å². The number of carbonyl (C=O) groups excluding carboxylic acids is 1. The Morgan fingerprint density at radius 1 is 1.06 bits per heavy atom. The zero-order valence-electron chi connectivity index (χ0n) is 20.4. The summed E-state index contributed by atoms with van der Waals surface area (Å²) in [6.07, 6.45) is 1.66. The van der Waals surface area contributed by atoms with Crippen molar-refractivity contribution in [2.45, 2.75) is 0 Å². The number of benzene rings is 3. The van der Waals surface area contributed by atoms with Gasteiger partial charge >= 0.3 is 0 Å². The highest BCUT2D eigenvalue weighted by Gasteiger charge is 2.15. The second-order valence-corrected chi connectivity index (χ2v) is 8.90. The average molecular weight is 484 g/mol. The molecule has 3 aromatic carbocycles. The van der Waals surface area contributed by atoms with Gasteiger partial charge < -0.3 is 29.9 Å². The van der Waals surface area contributed by atoms with Gasteiger partial charge in [0, 0.05) is 60.2 Å². The van der Waals surface area contributed by atoms with Crippen LogP contribution in [0.2, 0.25) is 0 Å². The van der Waals surface area contributed by atoms with E-state index in [1.807, 2.05) is 24.3 Å². The Morgan fingerprint density at radius 3 is 2.58 bits per heavy atom. The average Bonchev–Trinajstić information content (AvgIpc) is 3.22. The third-order valence-electron chi connectivity index (χ3n) is 6.47. The maximum atomic E-state index is 12.7. The number of H-pyrrole nitrogens is 1. The zero-order valence-corrected chi connectivity index (χ0v) is 20.4. The number of nitrogens with one attached hydrogen (secondary N) is 2. The van der Waals surface area contributed by atoms with Gasteiger partial charge in [0.05, 0.1) is 18.4 Å². The number of methoxy groups -OCH3 is 1. The number of nitrogens with zero attached hydrogens (tertiary/aromatic N) is 3. The van der Waals surface area contributed by atoms with Gasteiger partial charge in [-0.15, -0.1) is 0 Å². The van der Waals surface area contributed by atoms with Crippen molar-refractivity contribution in [1.29, 1.82) is 0 Å². The normalized spacial score (nSPS) is 14.4. The van der Waals surface area contributed by atoms with Gasteiger partial charge in [-0.2, -0.15) is 0 Å². The summed E-state index contributed by atoms with van der Waals surface area (Å²) in [5.74, 6) is 0.490. The molecule has 5 rings (SSSR count). The molecule has 1 aliphatic rings. The maximum absolute atomic E-state index is 12.7. The van der Waals surface area contributed by atoms with E-state index in [0.29, 0.717) is 22.6 Å². The molecule has 36 heavy (non-hydrogen) atoms. The number of aromatic hydroxyl groups is 1. The second-order valence-electron chi connectivity index (χ2n) is 8.90. The third-order valence-corrected chi connectivity index (χ3v) is 6.47. The minimum Gasteiger partial charge on any atom is -0.497 e. The minimum atomic E-state index is -0.229. The number of ether oxygens (including phenoxy) is 1. The number of amides is 1. The molecule has 0 radical (unpaired) electrons. The lowest BCUT2D eigenvalue weighted by Crippen LogP contribution is -2.44. The van der Waals surface area contributed by atoms with Crippen molar-refractivity contribution in [1.82, 2.24) is 9.88 Å². The van der Waals surface area contributed by atoms with Gasteiger partial charge in [0.15, 0.2) is 5.88 Å². The Bertz CT molecular complexity index is 1400. The number of anilines is 2. The summed E-state index contributed by atoms with van der Waals surface area (Å²) in [6.45, 7) is 4.04. The predicted molar refractivity (Wildman–Crippen MR) is 144 cm³/mol. The molecule has 3 N–H and O–H groups in total. The number of rotatable bonds is 6. The molecule has 1 aliphatic heterocycles. The highest BCUT2D eigenvalue weighted by molar-refractivity contribution is 6.07. The van der Waals surface area contributed by atoms with Gasteiger partial charge in [-0.25, -0.2) is 0 Å². The minimum absolute atomic E-state index is 0.0302. The number of aliphatic imine (C=N–C) groups is 1. The van der Waals surface area contributed by atoms with Crippen LogP contribution in [0.1, 0.15) is 15.9 Å². The summed E-state index contributed by atoms with van der Waals surface area (Å²) < 4.78 is 5.15.